The van der Waals surface area contributed by atoms with E-state index in [0.29, 0.717) is 25.7 Å². The van der Waals surface area contributed by atoms with Crippen LogP contribution in [0.3, 0.4) is 0 Å². The summed E-state index contributed by atoms with van der Waals surface area (Å²) < 4.78 is 18.9. The first-order chi connectivity index (χ1) is 11.0. The van der Waals surface area contributed by atoms with Gasteiger partial charge in [-0.05, 0) is 19.1 Å². The van der Waals surface area contributed by atoms with Crippen molar-refractivity contribution in [2.45, 2.75) is 6.92 Å². The van der Waals surface area contributed by atoms with Gasteiger partial charge in [-0.2, -0.15) is 0 Å². The first-order valence-corrected chi connectivity index (χ1v) is 7.52. The molecule has 0 bridgehead atoms. The molecule has 0 aliphatic heterocycles. The van der Waals surface area contributed by atoms with E-state index in [2.05, 4.69) is 10.3 Å². The maximum atomic E-state index is 13.5. The van der Waals surface area contributed by atoms with Crippen LogP contribution in [0.5, 0.6) is 5.75 Å². The number of hydrogen-bond donors (Lipinski definition) is 1. The number of likely N-dealkylation sites (N-methyl/N-ethyl adjacent to an activating group) is 2. The van der Waals surface area contributed by atoms with Gasteiger partial charge < -0.3 is 19.9 Å². The molecule has 0 saturated carbocycles. The summed E-state index contributed by atoms with van der Waals surface area (Å²) in [6.07, 6.45) is 0. The number of hydrogen-bond acceptors (Lipinski definition) is 3. The fourth-order valence-corrected chi connectivity index (χ4v) is 1.71. The number of halogens is 1. The maximum absolute atomic E-state index is 13.5. The van der Waals surface area contributed by atoms with E-state index >= 15 is 0 Å². The Morgan fingerprint density at radius 2 is 2.00 bits per heavy atom. The molecule has 0 saturated heterocycles. The second kappa shape index (κ2) is 9.66. The average molecular weight is 324 g/mol. The molecule has 1 rings (SSSR count). The third-order valence-corrected chi connectivity index (χ3v) is 3.08. The zero-order valence-electron chi connectivity index (χ0n) is 14.2. The van der Waals surface area contributed by atoms with E-state index in [1.54, 1.807) is 32.3 Å². The predicted molar refractivity (Wildman–Crippen MR) is 89.2 cm³/mol. The first kappa shape index (κ1) is 18.7. The smallest absolute Gasteiger partial charge is 0.243 e. The van der Waals surface area contributed by atoms with Crippen molar-refractivity contribution in [1.82, 2.24) is 15.1 Å². The second-order valence-electron chi connectivity index (χ2n) is 5.16. The Morgan fingerprint density at radius 1 is 1.30 bits per heavy atom. The predicted octanol–water partition coefficient (Wildman–Crippen LogP) is 1.19. The molecule has 0 spiro atoms. The molecule has 1 amide bonds. The summed E-state index contributed by atoms with van der Waals surface area (Å²) in [5.74, 6) is 0.383. The number of nitrogens with zero attached hydrogens (tertiary/aromatic N) is 3. The number of amides is 1. The summed E-state index contributed by atoms with van der Waals surface area (Å²) in [6.45, 7) is 3.54. The number of para-hydroxylation sites is 1. The van der Waals surface area contributed by atoms with Gasteiger partial charge in [0.15, 0.2) is 17.5 Å². The normalized spacial score (nSPS) is 11.1. The molecule has 0 unspecified atom stereocenters. The van der Waals surface area contributed by atoms with Gasteiger partial charge in [-0.25, -0.2) is 9.38 Å². The average Bonchev–Trinajstić information content (AvgIpc) is 2.52. The lowest BCUT2D eigenvalue weighted by atomic mass is 10.3. The van der Waals surface area contributed by atoms with Crippen LogP contribution < -0.4 is 10.1 Å². The molecule has 0 fully saturated rings. The van der Waals surface area contributed by atoms with Crippen LogP contribution in [0.15, 0.2) is 29.3 Å². The van der Waals surface area contributed by atoms with Crippen molar-refractivity contribution in [3.8, 4) is 5.75 Å². The molecule has 7 heteroatoms. The molecular weight excluding hydrogens is 299 g/mol. The summed E-state index contributed by atoms with van der Waals surface area (Å²) in [7, 11) is 5.22. The standard InChI is InChI=1S/C16H25FN4O2/c1-5-18-16(19-12-15(22)20(2)3)21(4)10-11-23-14-9-7-6-8-13(14)17/h6-9H,5,10-12H2,1-4H3,(H,18,19). The van der Waals surface area contributed by atoms with Crippen molar-refractivity contribution in [2.75, 3.05) is 47.4 Å². The molecule has 0 aromatic heterocycles. The van der Waals surface area contributed by atoms with Crippen molar-refractivity contribution in [1.29, 1.82) is 0 Å². The van der Waals surface area contributed by atoms with Gasteiger partial charge in [0.1, 0.15) is 13.2 Å². The van der Waals surface area contributed by atoms with E-state index in [1.165, 1.54) is 11.0 Å². The van der Waals surface area contributed by atoms with Crippen LogP contribution in [0.4, 0.5) is 4.39 Å². The van der Waals surface area contributed by atoms with Crippen molar-refractivity contribution >= 4 is 11.9 Å². The lowest BCUT2D eigenvalue weighted by molar-refractivity contribution is -0.127. The molecule has 0 aliphatic rings. The van der Waals surface area contributed by atoms with Crippen LogP contribution in [0.1, 0.15) is 6.92 Å². The van der Waals surface area contributed by atoms with Gasteiger partial charge in [0.25, 0.3) is 0 Å². The highest BCUT2D eigenvalue weighted by molar-refractivity contribution is 5.84. The number of ether oxygens (including phenoxy) is 1. The topological polar surface area (TPSA) is 57.2 Å². The fraction of sp³-hybridized carbons (Fsp3) is 0.500. The molecule has 6 nitrogen and oxygen atoms in total. The minimum Gasteiger partial charge on any atom is -0.489 e. The number of carbonyl (C=O) groups is 1. The number of rotatable bonds is 7. The highest BCUT2D eigenvalue weighted by atomic mass is 19.1. The molecule has 0 radical (unpaired) electrons. The fourth-order valence-electron chi connectivity index (χ4n) is 1.71. The minimum absolute atomic E-state index is 0.0728. The summed E-state index contributed by atoms with van der Waals surface area (Å²) in [4.78, 5) is 19.2. The summed E-state index contributed by atoms with van der Waals surface area (Å²) in [5.41, 5.74) is 0. The van der Waals surface area contributed by atoms with E-state index in [4.69, 9.17) is 4.74 Å². The van der Waals surface area contributed by atoms with Crippen LogP contribution in [-0.2, 0) is 4.79 Å². The lowest BCUT2D eigenvalue weighted by Gasteiger charge is -2.22. The lowest BCUT2D eigenvalue weighted by Crippen LogP contribution is -2.41. The van der Waals surface area contributed by atoms with Crippen molar-refractivity contribution in [3.63, 3.8) is 0 Å². The number of nitrogens with one attached hydrogen (secondary N) is 1. The summed E-state index contributed by atoms with van der Waals surface area (Å²) in [5, 5.41) is 3.11. The van der Waals surface area contributed by atoms with E-state index < -0.39 is 0 Å². The van der Waals surface area contributed by atoms with Crippen LogP contribution in [0, 0.1) is 5.82 Å². The van der Waals surface area contributed by atoms with Gasteiger partial charge in [0, 0.05) is 27.7 Å². The SMILES string of the molecule is CCNC(=NCC(=O)N(C)C)N(C)CCOc1ccccc1F. The van der Waals surface area contributed by atoms with Gasteiger partial charge in [-0.15, -0.1) is 0 Å². The number of guanidine groups is 1. The maximum Gasteiger partial charge on any atom is 0.243 e. The molecule has 1 N–H and O–H groups in total. The molecule has 1 aromatic rings. The van der Waals surface area contributed by atoms with E-state index in [9.17, 15) is 9.18 Å². The number of aliphatic imine (C=N–C) groups is 1. The monoisotopic (exact) mass is 324 g/mol. The Morgan fingerprint density at radius 3 is 2.61 bits per heavy atom. The van der Waals surface area contributed by atoms with Crippen LogP contribution >= 0.6 is 0 Å². The van der Waals surface area contributed by atoms with Crippen LogP contribution in [0.25, 0.3) is 0 Å². The summed E-state index contributed by atoms with van der Waals surface area (Å²) >= 11 is 0. The number of carbonyl (C=O) groups excluding carboxylic acids is 1. The highest BCUT2D eigenvalue weighted by Crippen LogP contribution is 2.14. The van der Waals surface area contributed by atoms with Gasteiger partial charge in [-0.3, -0.25) is 4.79 Å². The molecule has 0 heterocycles. The van der Waals surface area contributed by atoms with Crippen molar-refractivity contribution < 1.29 is 13.9 Å². The largest absolute Gasteiger partial charge is 0.489 e. The molecule has 128 valence electrons. The van der Waals surface area contributed by atoms with E-state index in [0.717, 1.165) is 0 Å². The zero-order valence-corrected chi connectivity index (χ0v) is 14.2. The number of benzene rings is 1. The molecule has 1 aromatic carbocycles. The van der Waals surface area contributed by atoms with E-state index in [1.807, 2.05) is 18.9 Å². The first-order valence-electron chi connectivity index (χ1n) is 7.52. The third kappa shape index (κ3) is 6.54. The molecule has 23 heavy (non-hydrogen) atoms. The third-order valence-electron chi connectivity index (χ3n) is 3.08. The molecular formula is C16H25FN4O2. The quantitative estimate of drug-likeness (QED) is 0.605. The van der Waals surface area contributed by atoms with Crippen LogP contribution in [-0.4, -0.2) is 69.1 Å². The Kier molecular flexibility index (Phi) is 7.87. The van der Waals surface area contributed by atoms with Gasteiger partial charge >= 0.3 is 0 Å². The van der Waals surface area contributed by atoms with E-state index in [-0.39, 0.29) is 24.0 Å². The van der Waals surface area contributed by atoms with Crippen molar-refractivity contribution in [2.24, 2.45) is 4.99 Å². The highest BCUT2D eigenvalue weighted by Gasteiger charge is 2.09. The van der Waals surface area contributed by atoms with Gasteiger partial charge in [0.2, 0.25) is 5.91 Å². The second-order valence-corrected chi connectivity index (χ2v) is 5.16. The Hall–Kier alpha value is -2.31. The molecule has 0 atom stereocenters. The Labute approximate surface area is 136 Å². The van der Waals surface area contributed by atoms with Crippen LogP contribution in [0.2, 0.25) is 0 Å². The molecule has 0 aliphatic carbocycles. The van der Waals surface area contributed by atoms with Crippen molar-refractivity contribution in [3.05, 3.63) is 30.1 Å². The zero-order chi connectivity index (χ0) is 17.2. The van der Waals surface area contributed by atoms with Gasteiger partial charge in [0.05, 0.1) is 6.54 Å². The minimum atomic E-state index is -0.382. The van der Waals surface area contributed by atoms with Gasteiger partial charge in [-0.1, -0.05) is 12.1 Å². The Bertz CT molecular complexity index is 535. The Balaban J connectivity index is 2.54. The summed E-state index contributed by atoms with van der Waals surface area (Å²) in [6, 6.07) is 6.29.